The van der Waals surface area contributed by atoms with Crippen LogP contribution in [0.2, 0.25) is 0 Å². The molecule has 24 heavy (non-hydrogen) atoms. The molecule has 2 aromatic heterocycles. The molecule has 0 aliphatic heterocycles. The third-order valence-electron chi connectivity index (χ3n) is 3.63. The van der Waals surface area contributed by atoms with Crippen molar-refractivity contribution in [3.05, 3.63) is 59.9 Å². The number of aromatic nitrogens is 2. The quantitative estimate of drug-likeness (QED) is 0.781. The van der Waals surface area contributed by atoms with Crippen molar-refractivity contribution >= 4 is 16.9 Å². The molecular weight excluding hydrogens is 306 g/mol. The summed E-state index contributed by atoms with van der Waals surface area (Å²) in [7, 11) is 3.17. The summed E-state index contributed by atoms with van der Waals surface area (Å²) < 4.78 is 10.5. The first-order valence-corrected chi connectivity index (χ1v) is 7.42. The summed E-state index contributed by atoms with van der Waals surface area (Å²) in [6, 6.07) is 12.7. The van der Waals surface area contributed by atoms with Gasteiger partial charge in [-0.3, -0.25) is 4.79 Å². The second kappa shape index (κ2) is 6.95. The molecule has 1 aromatic carbocycles. The minimum absolute atomic E-state index is 0.263. The van der Waals surface area contributed by atoms with Crippen molar-refractivity contribution in [3.63, 3.8) is 0 Å². The molecule has 0 saturated heterocycles. The van der Waals surface area contributed by atoms with Gasteiger partial charge >= 0.3 is 0 Å². The summed E-state index contributed by atoms with van der Waals surface area (Å²) in [6.45, 7) is 0.327. The maximum Gasteiger partial charge on any atom is 0.270 e. The molecule has 0 aliphatic carbocycles. The van der Waals surface area contributed by atoms with E-state index in [0.717, 1.165) is 10.9 Å². The Labute approximate surface area is 139 Å². The predicted octanol–water partition coefficient (Wildman–Crippen LogP) is 2.58. The van der Waals surface area contributed by atoms with Crippen molar-refractivity contribution in [3.8, 4) is 11.5 Å². The summed E-state index contributed by atoms with van der Waals surface area (Å²) >= 11 is 0. The van der Waals surface area contributed by atoms with E-state index in [4.69, 9.17) is 9.47 Å². The summed E-state index contributed by atoms with van der Waals surface area (Å²) in [5.41, 5.74) is 1.73. The number of amides is 1. The van der Waals surface area contributed by atoms with Gasteiger partial charge in [0.05, 0.1) is 14.2 Å². The van der Waals surface area contributed by atoms with Gasteiger partial charge in [-0.25, -0.2) is 9.97 Å². The van der Waals surface area contributed by atoms with E-state index in [1.807, 2.05) is 30.3 Å². The van der Waals surface area contributed by atoms with Gasteiger partial charge in [0.15, 0.2) is 5.65 Å². The molecule has 6 heteroatoms. The molecule has 0 radical (unpaired) electrons. The average Bonchev–Trinajstić information content (AvgIpc) is 2.65. The van der Waals surface area contributed by atoms with E-state index >= 15 is 0 Å². The van der Waals surface area contributed by atoms with Crippen LogP contribution in [-0.2, 0) is 6.54 Å². The highest BCUT2D eigenvalue weighted by atomic mass is 16.5. The Kier molecular flexibility index (Phi) is 4.56. The molecule has 0 saturated carbocycles. The van der Waals surface area contributed by atoms with Crippen LogP contribution < -0.4 is 14.8 Å². The second-order valence-electron chi connectivity index (χ2n) is 5.11. The standard InChI is InChI=1S/C18H17N3O3/c1-23-14-7-5-13(16(10-14)24-2)11-20-18(22)15-8-6-12-4-3-9-19-17(12)21-15/h3-10H,11H2,1-2H3,(H,20,22). The number of rotatable bonds is 5. The minimum Gasteiger partial charge on any atom is -0.497 e. The number of benzene rings is 1. The molecule has 6 nitrogen and oxygen atoms in total. The topological polar surface area (TPSA) is 73.3 Å². The predicted molar refractivity (Wildman–Crippen MR) is 90.3 cm³/mol. The van der Waals surface area contributed by atoms with Crippen LogP contribution in [0.3, 0.4) is 0 Å². The van der Waals surface area contributed by atoms with Gasteiger partial charge in [0, 0.05) is 29.8 Å². The lowest BCUT2D eigenvalue weighted by Gasteiger charge is -2.11. The van der Waals surface area contributed by atoms with Crippen LogP contribution in [0.1, 0.15) is 16.1 Å². The van der Waals surface area contributed by atoms with Crippen LogP contribution in [0.15, 0.2) is 48.7 Å². The van der Waals surface area contributed by atoms with Crippen molar-refractivity contribution in [2.75, 3.05) is 14.2 Å². The number of fused-ring (bicyclic) bond motifs is 1. The van der Waals surface area contributed by atoms with Gasteiger partial charge in [-0.1, -0.05) is 0 Å². The van der Waals surface area contributed by atoms with Crippen LogP contribution in [0, 0.1) is 0 Å². The van der Waals surface area contributed by atoms with E-state index in [2.05, 4.69) is 15.3 Å². The zero-order valence-electron chi connectivity index (χ0n) is 13.4. The molecule has 3 aromatic rings. The maximum absolute atomic E-state index is 12.3. The molecule has 0 atom stereocenters. The number of nitrogens with zero attached hydrogens (tertiary/aromatic N) is 2. The Morgan fingerprint density at radius 3 is 2.79 bits per heavy atom. The lowest BCUT2D eigenvalue weighted by molar-refractivity contribution is 0.0946. The molecule has 3 rings (SSSR count). The number of hydrogen-bond acceptors (Lipinski definition) is 5. The Morgan fingerprint density at radius 1 is 1.12 bits per heavy atom. The van der Waals surface area contributed by atoms with Crippen LogP contribution in [-0.4, -0.2) is 30.1 Å². The maximum atomic E-state index is 12.3. The SMILES string of the molecule is COc1ccc(CNC(=O)c2ccc3cccnc3n2)c(OC)c1. The van der Waals surface area contributed by atoms with Crippen LogP contribution in [0.5, 0.6) is 11.5 Å². The monoisotopic (exact) mass is 323 g/mol. The fraction of sp³-hybridized carbons (Fsp3) is 0.167. The van der Waals surface area contributed by atoms with Crippen molar-refractivity contribution in [2.24, 2.45) is 0 Å². The Bertz CT molecular complexity index is 880. The van der Waals surface area contributed by atoms with Crippen molar-refractivity contribution < 1.29 is 14.3 Å². The van der Waals surface area contributed by atoms with E-state index < -0.39 is 0 Å². The number of nitrogens with one attached hydrogen (secondary N) is 1. The van der Waals surface area contributed by atoms with Crippen molar-refractivity contribution in [1.82, 2.24) is 15.3 Å². The summed E-state index contributed by atoms with van der Waals surface area (Å²) in [6.07, 6.45) is 1.65. The zero-order valence-corrected chi connectivity index (χ0v) is 13.4. The highest BCUT2D eigenvalue weighted by Gasteiger charge is 2.11. The van der Waals surface area contributed by atoms with E-state index in [9.17, 15) is 4.79 Å². The number of ether oxygens (including phenoxy) is 2. The Morgan fingerprint density at radius 2 is 2.00 bits per heavy atom. The molecule has 0 spiro atoms. The van der Waals surface area contributed by atoms with E-state index in [-0.39, 0.29) is 5.91 Å². The van der Waals surface area contributed by atoms with Gasteiger partial charge in [0.1, 0.15) is 17.2 Å². The zero-order chi connectivity index (χ0) is 16.9. The van der Waals surface area contributed by atoms with E-state index in [1.165, 1.54) is 0 Å². The van der Waals surface area contributed by atoms with Gasteiger partial charge in [0.25, 0.3) is 5.91 Å². The molecule has 0 aliphatic rings. The van der Waals surface area contributed by atoms with Gasteiger partial charge < -0.3 is 14.8 Å². The van der Waals surface area contributed by atoms with Gasteiger partial charge in [0.2, 0.25) is 0 Å². The van der Waals surface area contributed by atoms with Gasteiger partial charge in [-0.05, 0) is 36.4 Å². The Balaban J connectivity index is 1.75. The second-order valence-corrected chi connectivity index (χ2v) is 5.11. The van der Waals surface area contributed by atoms with Crippen LogP contribution in [0.25, 0.3) is 11.0 Å². The third-order valence-corrected chi connectivity index (χ3v) is 3.63. The summed E-state index contributed by atoms with van der Waals surface area (Å²) in [5, 5.41) is 3.74. The molecular formula is C18H17N3O3. The number of methoxy groups -OCH3 is 2. The largest absolute Gasteiger partial charge is 0.497 e. The number of carbonyl (C=O) groups is 1. The van der Waals surface area contributed by atoms with E-state index in [1.54, 1.807) is 32.5 Å². The highest BCUT2D eigenvalue weighted by molar-refractivity contribution is 5.94. The molecule has 122 valence electrons. The van der Waals surface area contributed by atoms with Gasteiger partial charge in [-0.15, -0.1) is 0 Å². The summed E-state index contributed by atoms with van der Waals surface area (Å²) in [5.74, 6) is 1.09. The molecule has 0 bridgehead atoms. The van der Waals surface area contributed by atoms with E-state index in [0.29, 0.717) is 29.4 Å². The summed E-state index contributed by atoms with van der Waals surface area (Å²) in [4.78, 5) is 20.8. The first kappa shape index (κ1) is 15.7. The Hall–Kier alpha value is -3.15. The molecule has 0 unspecified atom stereocenters. The van der Waals surface area contributed by atoms with Gasteiger partial charge in [-0.2, -0.15) is 0 Å². The lowest BCUT2D eigenvalue weighted by atomic mass is 10.2. The fourth-order valence-electron chi connectivity index (χ4n) is 2.34. The van der Waals surface area contributed by atoms with Crippen LogP contribution in [0.4, 0.5) is 0 Å². The van der Waals surface area contributed by atoms with Crippen molar-refractivity contribution in [2.45, 2.75) is 6.54 Å². The fourth-order valence-corrected chi connectivity index (χ4v) is 2.34. The van der Waals surface area contributed by atoms with Crippen LogP contribution >= 0.6 is 0 Å². The normalized spacial score (nSPS) is 10.4. The smallest absolute Gasteiger partial charge is 0.270 e. The molecule has 1 amide bonds. The first-order valence-electron chi connectivity index (χ1n) is 7.42. The molecule has 0 fully saturated rings. The lowest BCUT2D eigenvalue weighted by Crippen LogP contribution is -2.24. The molecule has 2 heterocycles. The average molecular weight is 323 g/mol. The highest BCUT2D eigenvalue weighted by Crippen LogP contribution is 2.24. The van der Waals surface area contributed by atoms with Crippen molar-refractivity contribution in [1.29, 1.82) is 0 Å². The first-order chi connectivity index (χ1) is 11.7. The minimum atomic E-state index is -0.263. The molecule has 1 N–H and O–H groups in total. The number of carbonyl (C=O) groups excluding carboxylic acids is 1. The number of pyridine rings is 2. The third kappa shape index (κ3) is 3.27. The number of hydrogen-bond donors (Lipinski definition) is 1.